The van der Waals surface area contributed by atoms with Crippen molar-refractivity contribution in [3.8, 4) is 0 Å². The van der Waals surface area contributed by atoms with E-state index in [0.29, 0.717) is 28.0 Å². The maximum absolute atomic E-state index is 12.4. The van der Waals surface area contributed by atoms with E-state index in [-0.39, 0.29) is 17.3 Å². The van der Waals surface area contributed by atoms with Gasteiger partial charge in [-0.25, -0.2) is 13.2 Å². The summed E-state index contributed by atoms with van der Waals surface area (Å²) in [7, 11) is -3.11. The maximum Gasteiger partial charge on any atom is 0.375 e. The molecule has 1 aromatic carbocycles. The van der Waals surface area contributed by atoms with E-state index in [1.54, 1.807) is 25.1 Å². The molecular formula is C17H18ClNO6S. The van der Waals surface area contributed by atoms with E-state index < -0.39 is 33.9 Å². The summed E-state index contributed by atoms with van der Waals surface area (Å²) in [6.45, 7) is 3.12. The Bertz CT molecular complexity index is 981. The van der Waals surface area contributed by atoms with Crippen molar-refractivity contribution in [1.29, 1.82) is 0 Å². The highest BCUT2D eigenvalue weighted by molar-refractivity contribution is 7.91. The predicted octanol–water partition coefficient (Wildman–Crippen LogP) is 2.24. The van der Waals surface area contributed by atoms with Gasteiger partial charge in [0.25, 0.3) is 5.91 Å². The van der Waals surface area contributed by atoms with Gasteiger partial charge < -0.3 is 14.5 Å². The van der Waals surface area contributed by atoms with Crippen LogP contribution in [0.2, 0.25) is 5.02 Å². The van der Waals surface area contributed by atoms with Crippen LogP contribution in [0.25, 0.3) is 11.0 Å². The lowest BCUT2D eigenvalue weighted by Crippen LogP contribution is -2.42. The number of hydrogen-bond donors (Lipinski definition) is 1. The van der Waals surface area contributed by atoms with E-state index in [4.69, 9.17) is 20.8 Å². The smallest absolute Gasteiger partial charge is 0.375 e. The van der Waals surface area contributed by atoms with Crippen LogP contribution in [0.1, 0.15) is 29.5 Å². The molecule has 0 unspecified atom stereocenters. The number of carbonyl (C=O) groups excluding carboxylic acids is 2. The molecule has 1 fully saturated rings. The summed E-state index contributed by atoms with van der Waals surface area (Å²) in [5.74, 6) is -1.35. The van der Waals surface area contributed by atoms with Gasteiger partial charge >= 0.3 is 5.97 Å². The van der Waals surface area contributed by atoms with E-state index >= 15 is 0 Å². The summed E-state index contributed by atoms with van der Waals surface area (Å²) >= 11 is 5.95. The zero-order chi connectivity index (χ0) is 19.1. The molecule has 2 atom stereocenters. The van der Waals surface area contributed by atoms with Crippen LogP contribution in [-0.4, -0.2) is 43.9 Å². The second-order valence-electron chi connectivity index (χ2n) is 6.35. The Morgan fingerprint density at radius 3 is 2.77 bits per heavy atom. The number of carbonyl (C=O) groups is 2. The van der Waals surface area contributed by atoms with Gasteiger partial charge in [0.2, 0.25) is 5.76 Å². The third kappa shape index (κ3) is 3.86. The Morgan fingerprint density at radius 1 is 1.38 bits per heavy atom. The summed E-state index contributed by atoms with van der Waals surface area (Å²) in [6, 6.07) is 4.53. The van der Waals surface area contributed by atoms with Crippen LogP contribution in [0.4, 0.5) is 0 Å². The minimum absolute atomic E-state index is 0.00496. The summed E-state index contributed by atoms with van der Waals surface area (Å²) in [4.78, 5) is 24.5. The van der Waals surface area contributed by atoms with Crippen molar-refractivity contribution in [3.63, 3.8) is 0 Å². The Kier molecular flexibility index (Phi) is 4.98. The highest BCUT2D eigenvalue weighted by Crippen LogP contribution is 2.28. The van der Waals surface area contributed by atoms with Gasteiger partial charge in [-0.15, -0.1) is 0 Å². The minimum atomic E-state index is -3.11. The quantitative estimate of drug-likeness (QED) is 0.791. The molecule has 1 amide bonds. The SMILES string of the molecule is Cc1c(C(=O)O[C@@H](C)C(=O)N[C@H]2CCS(=O)(=O)C2)oc2ccc(Cl)cc12. The maximum atomic E-state index is 12.4. The molecule has 3 rings (SSSR count). The number of hydrogen-bond acceptors (Lipinski definition) is 6. The number of ether oxygens (including phenoxy) is 1. The van der Waals surface area contributed by atoms with Crippen molar-refractivity contribution in [3.05, 3.63) is 34.5 Å². The summed E-state index contributed by atoms with van der Waals surface area (Å²) in [5, 5.41) is 3.80. The van der Waals surface area contributed by atoms with Gasteiger partial charge in [0.05, 0.1) is 11.5 Å². The first-order valence-corrected chi connectivity index (χ1v) is 10.3. The van der Waals surface area contributed by atoms with Crippen molar-refractivity contribution in [2.24, 2.45) is 0 Å². The standard InChI is InChI=1S/C17H18ClNO6S/c1-9-13-7-11(18)3-4-14(13)25-15(9)17(21)24-10(2)16(20)19-12-5-6-26(22,23)8-12/h3-4,7,10,12H,5-6,8H2,1-2H3,(H,19,20)/t10-,12-/m0/s1. The number of esters is 1. The molecule has 1 aliphatic rings. The number of amides is 1. The number of halogens is 1. The van der Waals surface area contributed by atoms with Crippen molar-refractivity contribution in [2.45, 2.75) is 32.4 Å². The fourth-order valence-electron chi connectivity index (χ4n) is 2.88. The van der Waals surface area contributed by atoms with Gasteiger partial charge in [-0.05, 0) is 38.5 Å². The molecule has 2 aromatic rings. The lowest BCUT2D eigenvalue weighted by atomic mass is 10.1. The molecule has 7 nitrogen and oxygen atoms in total. The highest BCUT2D eigenvalue weighted by Gasteiger charge is 2.31. The summed E-state index contributed by atoms with van der Waals surface area (Å²) in [5.41, 5.74) is 1.06. The molecule has 140 valence electrons. The van der Waals surface area contributed by atoms with Crippen molar-refractivity contribution in [1.82, 2.24) is 5.32 Å². The van der Waals surface area contributed by atoms with Gasteiger partial charge in [0.1, 0.15) is 5.58 Å². The second-order valence-corrected chi connectivity index (χ2v) is 9.02. The Labute approximate surface area is 155 Å². The number of furan rings is 1. The molecule has 1 aliphatic heterocycles. The molecule has 0 radical (unpaired) electrons. The average Bonchev–Trinajstić information content (AvgIpc) is 3.07. The predicted molar refractivity (Wildman–Crippen MR) is 96.0 cm³/mol. The molecule has 0 spiro atoms. The van der Waals surface area contributed by atoms with Gasteiger partial charge in [-0.1, -0.05) is 11.6 Å². The van der Waals surface area contributed by atoms with Crippen LogP contribution < -0.4 is 5.32 Å². The molecule has 1 N–H and O–H groups in total. The van der Waals surface area contributed by atoms with Crippen molar-refractivity contribution < 1.29 is 27.2 Å². The first kappa shape index (κ1) is 18.7. The first-order chi connectivity index (χ1) is 12.2. The molecule has 0 saturated carbocycles. The molecule has 0 aliphatic carbocycles. The van der Waals surface area contributed by atoms with Crippen molar-refractivity contribution >= 4 is 44.3 Å². The second kappa shape index (κ2) is 6.92. The zero-order valence-corrected chi connectivity index (χ0v) is 15.8. The monoisotopic (exact) mass is 399 g/mol. The number of aryl methyl sites for hydroxylation is 1. The lowest BCUT2D eigenvalue weighted by Gasteiger charge is -2.16. The van der Waals surface area contributed by atoms with Crippen LogP contribution >= 0.6 is 11.6 Å². The number of benzene rings is 1. The molecule has 26 heavy (non-hydrogen) atoms. The van der Waals surface area contributed by atoms with Crippen molar-refractivity contribution in [2.75, 3.05) is 11.5 Å². The van der Waals surface area contributed by atoms with Crippen LogP contribution in [0.3, 0.4) is 0 Å². The summed E-state index contributed by atoms with van der Waals surface area (Å²) < 4.78 is 33.6. The Morgan fingerprint density at radius 2 is 2.12 bits per heavy atom. The van der Waals surface area contributed by atoms with E-state index in [0.717, 1.165) is 0 Å². The third-order valence-corrected chi connectivity index (χ3v) is 6.32. The fraction of sp³-hybridized carbons (Fsp3) is 0.412. The third-order valence-electron chi connectivity index (χ3n) is 4.32. The number of fused-ring (bicyclic) bond motifs is 1. The zero-order valence-electron chi connectivity index (χ0n) is 14.2. The molecule has 9 heteroatoms. The fourth-order valence-corrected chi connectivity index (χ4v) is 4.73. The van der Waals surface area contributed by atoms with Crippen LogP contribution in [0.15, 0.2) is 22.6 Å². The Hall–Kier alpha value is -2.06. The van der Waals surface area contributed by atoms with E-state index in [2.05, 4.69) is 5.32 Å². The van der Waals surface area contributed by atoms with E-state index in [1.807, 2.05) is 0 Å². The molecule has 2 heterocycles. The normalized spacial score (nSPS) is 20.0. The highest BCUT2D eigenvalue weighted by atomic mass is 35.5. The van der Waals surface area contributed by atoms with Gasteiger partial charge in [0, 0.05) is 22.0 Å². The minimum Gasteiger partial charge on any atom is -0.449 e. The van der Waals surface area contributed by atoms with Gasteiger partial charge in [0.15, 0.2) is 15.9 Å². The molecule has 0 bridgehead atoms. The molecular weight excluding hydrogens is 382 g/mol. The van der Waals surface area contributed by atoms with Gasteiger partial charge in [-0.3, -0.25) is 4.79 Å². The largest absolute Gasteiger partial charge is 0.449 e. The van der Waals surface area contributed by atoms with E-state index in [9.17, 15) is 18.0 Å². The van der Waals surface area contributed by atoms with Gasteiger partial charge in [-0.2, -0.15) is 0 Å². The first-order valence-electron chi connectivity index (χ1n) is 8.07. The van der Waals surface area contributed by atoms with E-state index in [1.165, 1.54) is 6.92 Å². The molecule has 1 aromatic heterocycles. The summed E-state index contributed by atoms with van der Waals surface area (Å²) in [6.07, 6.45) is -0.722. The number of sulfone groups is 1. The number of rotatable bonds is 4. The van der Waals surface area contributed by atoms with Crippen LogP contribution in [0.5, 0.6) is 0 Å². The average molecular weight is 400 g/mol. The Balaban J connectivity index is 1.67. The van der Waals surface area contributed by atoms with Crippen LogP contribution in [0, 0.1) is 6.92 Å². The number of nitrogens with one attached hydrogen (secondary N) is 1. The topological polar surface area (TPSA) is 103 Å². The lowest BCUT2D eigenvalue weighted by molar-refractivity contribution is -0.129. The van der Waals surface area contributed by atoms with Crippen LogP contribution in [-0.2, 0) is 19.4 Å². The molecule has 1 saturated heterocycles.